The minimum absolute atomic E-state index is 0.128. The Morgan fingerprint density at radius 1 is 1.07 bits per heavy atom. The zero-order chi connectivity index (χ0) is 20.6. The number of methoxy groups -OCH3 is 1. The highest BCUT2D eigenvalue weighted by molar-refractivity contribution is 5.92. The van der Waals surface area contributed by atoms with Gasteiger partial charge in [0.25, 0.3) is 5.91 Å². The lowest BCUT2D eigenvalue weighted by molar-refractivity contribution is 0.0790. The predicted octanol–water partition coefficient (Wildman–Crippen LogP) is 3.12. The molecule has 7 heteroatoms. The van der Waals surface area contributed by atoms with Gasteiger partial charge in [0.1, 0.15) is 11.4 Å². The molecule has 29 heavy (non-hydrogen) atoms. The largest absolute Gasteiger partial charge is 0.497 e. The number of anilines is 1. The third kappa shape index (κ3) is 5.75. The molecule has 0 aliphatic heterocycles. The molecule has 0 bridgehead atoms. The van der Waals surface area contributed by atoms with Gasteiger partial charge in [0.15, 0.2) is 0 Å². The third-order valence-corrected chi connectivity index (χ3v) is 4.51. The molecule has 0 saturated carbocycles. The van der Waals surface area contributed by atoms with Gasteiger partial charge in [-0.25, -0.2) is 9.97 Å². The van der Waals surface area contributed by atoms with Crippen molar-refractivity contribution in [2.24, 2.45) is 0 Å². The van der Waals surface area contributed by atoms with Crippen molar-refractivity contribution in [1.82, 2.24) is 19.9 Å². The monoisotopic (exact) mass is 391 g/mol. The number of aromatic nitrogens is 3. The first-order valence-electron chi connectivity index (χ1n) is 9.42. The summed E-state index contributed by atoms with van der Waals surface area (Å²) in [5.74, 6) is 1.12. The molecule has 0 unspecified atom stereocenters. The summed E-state index contributed by atoms with van der Waals surface area (Å²) in [6.45, 7) is 3.01. The molecule has 150 valence electrons. The number of ether oxygens (including phenoxy) is 1. The smallest absolute Gasteiger partial charge is 0.272 e. The van der Waals surface area contributed by atoms with Crippen molar-refractivity contribution in [3.8, 4) is 5.75 Å². The highest BCUT2D eigenvalue weighted by atomic mass is 16.5. The Morgan fingerprint density at radius 2 is 1.79 bits per heavy atom. The van der Waals surface area contributed by atoms with Gasteiger partial charge in [-0.2, -0.15) is 0 Å². The molecule has 0 radical (unpaired) electrons. The van der Waals surface area contributed by atoms with E-state index in [9.17, 15) is 4.79 Å². The standard InChI is InChI=1S/C22H25N5O2/c1-16-14-20(21(28)27(2)13-10-17-8-11-23-12-9-17)26-22(25-16)24-15-18-4-6-19(29-3)7-5-18/h4-9,11-12,14H,10,13,15H2,1-3H3,(H,24,25,26). The van der Waals surface area contributed by atoms with Crippen molar-refractivity contribution in [3.05, 3.63) is 77.4 Å². The molecular weight excluding hydrogens is 366 g/mol. The molecule has 3 aromatic rings. The number of likely N-dealkylation sites (N-methyl/N-ethyl adjacent to an activating group) is 1. The average Bonchev–Trinajstić information content (AvgIpc) is 2.76. The van der Waals surface area contributed by atoms with Crippen LogP contribution in [0, 0.1) is 6.92 Å². The van der Waals surface area contributed by atoms with E-state index in [-0.39, 0.29) is 5.91 Å². The molecular formula is C22H25N5O2. The van der Waals surface area contributed by atoms with Gasteiger partial charge in [0.05, 0.1) is 7.11 Å². The van der Waals surface area contributed by atoms with Gasteiger partial charge in [-0.05, 0) is 54.8 Å². The van der Waals surface area contributed by atoms with Crippen LogP contribution in [0.1, 0.15) is 27.3 Å². The SMILES string of the molecule is COc1ccc(CNc2nc(C)cc(C(=O)N(C)CCc3ccncc3)n2)cc1. The summed E-state index contributed by atoms with van der Waals surface area (Å²) >= 11 is 0. The summed E-state index contributed by atoms with van der Waals surface area (Å²) in [5, 5.41) is 3.19. The van der Waals surface area contributed by atoms with Gasteiger partial charge < -0.3 is 15.0 Å². The first kappa shape index (κ1) is 20.3. The molecule has 3 rings (SSSR count). The lowest BCUT2D eigenvalue weighted by Crippen LogP contribution is -2.30. The van der Waals surface area contributed by atoms with Crippen molar-refractivity contribution in [2.75, 3.05) is 26.0 Å². The first-order valence-corrected chi connectivity index (χ1v) is 9.42. The van der Waals surface area contributed by atoms with Crippen LogP contribution >= 0.6 is 0 Å². The Balaban J connectivity index is 1.63. The maximum Gasteiger partial charge on any atom is 0.272 e. The minimum atomic E-state index is -0.128. The zero-order valence-corrected chi connectivity index (χ0v) is 16.9. The zero-order valence-electron chi connectivity index (χ0n) is 16.9. The number of carbonyl (C=O) groups is 1. The number of hydrogen-bond donors (Lipinski definition) is 1. The molecule has 0 aliphatic carbocycles. The van der Waals surface area contributed by atoms with Crippen molar-refractivity contribution in [3.63, 3.8) is 0 Å². The topological polar surface area (TPSA) is 80.2 Å². The van der Waals surface area contributed by atoms with Gasteiger partial charge in [-0.3, -0.25) is 9.78 Å². The number of benzene rings is 1. The highest BCUT2D eigenvalue weighted by Crippen LogP contribution is 2.13. The number of pyridine rings is 1. The summed E-state index contributed by atoms with van der Waals surface area (Å²) in [6.07, 6.45) is 4.27. The van der Waals surface area contributed by atoms with E-state index in [2.05, 4.69) is 20.3 Å². The number of aryl methyl sites for hydroxylation is 1. The maximum absolute atomic E-state index is 12.8. The van der Waals surface area contributed by atoms with E-state index in [1.807, 2.05) is 43.3 Å². The highest BCUT2D eigenvalue weighted by Gasteiger charge is 2.15. The van der Waals surface area contributed by atoms with E-state index in [1.165, 1.54) is 0 Å². The van der Waals surface area contributed by atoms with Crippen LogP contribution in [0.3, 0.4) is 0 Å². The van der Waals surface area contributed by atoms with Gasteiger partial charge in [-0.15, -0.1) is 0 Å². The average molecular weight is 391 g/mol. The second-order valence-corrected chi connectivity index (χ2v) is 6.75. The van der Waals surface area contributed by atoms with Crippen molar-refractivity contribution in [2.45, 2.75) is 19.9 Å². The van der Waals surface area contributed by atoms with E-state index in [1.54, 1.807) is 37.5 Å². The van der Waals surface area contributed by atoms with Crippen LogP contribution in [0.15, 0.2) is 54.9 Å². The molecule has 2 aromatic heterocycles. The molecule has 0 atom stereocenters. The lowest BCUT2D eigenvalue weighted by atomic mass is 10.2. The first-order chi connectivity index (χ1) is 14.0. The second-order valence-electron chi connectivity index (χ2n) is 6.75. The number of carbonyl (C=O) groups excluding carboxylic acids is 1. The van der Waals surface area contributed by atoms with Crippen molar-refractivity contribution in [1.29, 1.82) is 0 Å². The summed E-state index contributed by atoms with van der Waals surface area (Å²) < 4.78 is 5.17. The van der Waals surface area contributed by atoms with Crippen LogP contribution in [0.4, 0.5) is 5.95 Å². The van der Waals surface area contributed by atoms with E-state index in [0.717, 1.165) is 29.0 Å². The van der Waals surface area contributed by atoms with Gasteiger partial charge in [0.2, 0.25) is 5.95 Å². The van der Waals surface area contributed by atoms with Crippen LogP contribution in [0.5, 0.6) is 5.75 Å². The molecule has 1 amide bonds. The number of rotatable bonds is 8. The number of amides is 1. The Morgan fingerprint density at radius 3 is 2.48 bits per heavy atom. The van der Waals surface area contributed by atoms with E-state index in [0.29, 0.717) is 24.7 Å². The third-order valence-electron chi connectivity index (χ3n) is 4.51. The Hall–Kier alpha value is -3.48. The van der Waals surface area contributed by atoms with E-state index < -0.39 is 0 Å². The second kappa shape index (κ2) is 9.64. The van der Waals surface area contributed by atoms with Gasteiger partial charge in [-0.1, -0.05) is 12.1 Å². The number of hydrogen-bond acceptors (Lipinski definition) is 6. The van der Waals surface area contributed by atoms with E-state index >= 15 is 0 Å². The fraction of sp³-hybridized carbons (Fsp3) is 0.273. The molecule has 2 heterocycles. The number of nitrogens with one attached hydrogen (secondary N) is 1. The molecule has 1 N–H and O–H groups in total. The Labute approximate surface area is 170 Å². The van der Waals surface area contributed by atoms with Crippen LogP contribution in [0.2, 0.25) is 0 Å². The quantitative estimate of drug-likeness (QED) is 0.636. The van der Waals surface area contributed by atoms with Gasteiger partial charge >= 0.3 is 0 Å². The lowest BCUT2D eigenvalue weighted by Gasteiger charge is -2.17. The summed E-state index contributed by atoms with van der Waals surface area (Å²) in [6, 6.07) is 13.4. The van der Waals surface area contributed by atoms with Gasteiger partial charge in [0, 0.05) is 38.2 Å². The predicted molar refractivity (Wildman–Crippen MR) is 112 cm³/mol. The van der Waals surface area contributed by atoms with Crippen LogP contribution < -0.4 is 10.1 Å². The number of nitrogens with zero attached hydrogens (tertiary/aromatic N) is 4. The van der Waals surface area contributed by atoms with Crippen LogP contribution in [-0.4, -0.2) is 46.5 Å². The normalized spacial score (nSPS) is 10.4. The molecule has 0 aliphatic rings. The fourth-order valence-electron chi connectivity index (χ4n) is 2.83. The van der Waals surface area contributed by atoms with Crippen molar-refractivity contribution < 1.29 is 9.53 Å². The molecule has 0 spiro atoms. The molecule has 1 aromatic carbocycles. The van der Waals surface area contributed by atoms with Crippen molar-refractivity contribution >= 4 is 11.9 Å². The molecule has 7 nitrogen and oxygen atoms in total. The summed E-state index contributed by atoms with van der Waals surface area (Å²) in [5.41, 5.74) is 3.33. The fourth-order valence-corrected chi connectivity index (χ4v) is 2.83. The Kier molecular flexibility index (Phi) is 6.73. The summed E-state index contributed by atoms with van der Waals surface area (Å²) in [4.78, 5) is 27.3. The van der Waals surface area contributed by atoms with Crippen LogP contribution in [0.25, 0.3) is 0 Å². The summed E-state index contributed by atoms with van der Waals surface area (Å²) in [7, 11) is 3.42. The van der Waals surface area contributed by atoms with Crippen LogP contribution in [-0.2, 0) is 13.0 Å². The van der Waals surface area contributed by atoms with E-state index in [4.69, 9.17) is 4.74 Å². The Bertz CT molecular complexity index is 945. The minimum Gasteiger partial charge on any atom is -0.497 e. The molecule has 0 saturated heterocycles. The molecule has 0 fully saturated rings. The maximum atomic E-state index is 12.8.